The number of halogens is 2. The van der Waals surface area contributed by atoms with Gasteiger partial charge >= 0.3 is 0 Å². The van der Waals surface area contributed by atoms with Gasteiger partial charge in [0.1, 0.15) is 12.0 Å². The molecule has 1 saturated heterocycles. The van der Waals surface area contributed by atoms with E-state index in [9.17, 15) is 9.18 Å². The van der Waals surface area contributed by atoms with Crippen molar-refractivity contribution >= 4 is 23.3 Å². The summed E-state index contributed by atoms with van der Waals surface area (Å²) < 4.78 is 13.9. The molecular formula is C15H15ClFN5O. The highest BCUT2D eigenvalue weighted by Crippen LogP contribution is 2.23. The van der Waals surface area contributed by atoms with E-state index in [1.54, 1.807) is 6.07 Å². The lowest BCUT2D eigenvalue weighted by Crippen LogP contribution is -2.45. The molecule has 3 heterocycles. The summed E-state index contributed by atoms with van der Waals surface area (Å²) >= 11 is 5.72. The number of hydrogen-bond donors (Lipinski definition) is 1. The maximum Gasteiger partial charge on any atom is 0.270 e. The molecule has 0 atom stereocenters. The molecule has 120 valence electrons. The van der Waals surface area contributed by atoms with Crippen LogP contribution in [-0.2, 0) is 0 Å². The molecule has 8 heteroatoms. The molecule has 1 aliphatic rings. The first-order valence-electron chi connectivity index (χ1n) is 7.26. The van der Waals surface area contributed by atoms with Crippen molar-refractivity contribution in [3.05, 3.63) is 47.4 Å². The van der Waals surface area contributed by atoms with E-state index in [4.69, 9.17) is 11.6 Å². The largest absolute Gasteiger partial charge is 0.354 e. The summed E-state index contributed by atoms with van der Waals surface area (Å²) in [7, 11) is 0. The summed E-state index contributed by atoms with van der Waals surface area (Å²) in [6.45, 7) is 1.22. The van der Waals surface area contributed by atoms with Gasteiger partial charge in [-0.15, -0.1) is 0 Å². The second-order valence-electron chi connectivity index (χ2n) is 5.29. The number of nitrogens with zero attached hydrogens (tertiary/aromatic N) is 4. The van der Waals surface area contributed by atoms with Gasteiger partial charge in [-0.05, 0) is 25.0 Å². The Morgan fingerprint density at radius 1 is 1.35 bits per heavy atom. The van der Waals surface area contributed by atoms with Crippen LogP contribution in [0, 0.1) is 5.82 Å². The molecule has 2 aromatic rings. The molecule has 0 bridgehead atoms. The molecule has 0 radical (unpaired) electrons. The van der Waals surface area contributed by atoms with Crippen LogP contribution in [-0.4, -0.2) is 40.0 Å². The predicted octanol–water partition coefficient (Wildman–Crippen LogP) is 2.06. The van der Waals surface area contributed by atoms with Crippen molar-refractivity contribution in [3.8, 4) is 0 Å². The average Bonchev–Trinajstić information content (AvgIpc) is 2.57. The first-order valence-corrected chi connectivity index (χ1v) is 7.64. The van der Waals surface area contributed by atoms with Gasteiger partial charge in [-0.3, -0.25) is 4.79 Å². The second-order valence-corrected chi connectivity index (χ2v) is 5.72. The number of anilines is 1. The molecule has 0 unspecified atom stereocenters. The lowest BCUT2D eigenvalue weighted by atomic mass is 10.0. The van der Waals surface area contributed by atoms with Crippen molar-refractivity contribution in [3.63, 3.8) is 0 Å². The molecule has 0 saturated carbocycles. The van der Waals surface area contributed by atoms with Gasteiger partial charge in [0.15, 0.2) is 11.6 Å². The number of piperidine rings is 1. The van der Waals surface area contributed by atoms with Crippen LogP contribution in [0.1, 0.15) is 23.3 Å². The summed E-state index contributed by atoms with van der Waals surface area (Å²) in [5.41, 5.74) is 0.341. The Kier molecular flexibility index (Phi) is 4.66. The molecule has 6 nitrogen and oxygen atoms in total. The van der Waals surface area contributed by atoms with Gasteiger partial charge < -0.3 is 10.2 Å². The van der Waals surface area contributed by atoms with Crippen LogP contribution in [0.25, 0.3) is 0 Å². The van der Waals surface area contributed by atoms with Crippen molar-refractivity contribution in [2.24, 2.45) is 0 Å². The Balaban J connectivity index is 1.57. The van der Waals surface area contributed by atoms with E-state index in [-0.39, 0.29) is 17.0 Å². The van der Waals surface area contributed by atoms with E-state index < -0.39 is 5.82 Å². The minimum absolute atomic E-state index is 0.0316. The summed E-state index contributed by atoms with van der Waals surface area (Å²) in [6, 6.07) is 2.86. The summed E-state index contributed by atoms with van der Waals surface area (Å²) in [4.78, 5) is 25.7. The fourth-order valence-electron chi connectivity index (χ4n) is 2.56. The fraction of sp³-hybridized carbons (Fsp3) is 0.333. The number of aromatic nitrogens is 3. The monoisotopic (exact) mass is 335 g/mol. The van der Waals surface area contributed by atoms with Gasteiger partial charge in [-0.25, -0.2) is 19.3 Å². The SMILES string of the molecule is O=C(NC1CCN(c2ncc(Cl)cc2F)CC1)c1ccncn1. The number of rotatable bonds is 3. The van der Waals surface area contributed by atoms with E-state index >= 15 is 0 Å². The quantitative estimate of drug-likeness (QED) is 0.929. The maximum atomic E-state index is 13.9. The third kappa shape index (κ3) is 3.73. The van der Waals surface area contributed by atoms with Crippen molar-refractivity contribution in [1.29, 1.82) is 0 Å². The van der Waals surface area contributed by atoms with E-state index in [1.807, 2.05) is 4.90 Å². The number of pyridine rings is 1. The van der Waals surface area contributed by atoms with Crippen LogP contribution in [0.2, 0.25) is 5.02 Å². The normalized spacial score (nSPS) is 15.5. The van der Waals surface area contributed by atoms with Crippen LogP contribution in [0.5, 0.6) is 0 Å². The lowest BCUT2D eigenvalue weighted by Gasteiger charge is -2.33. The Bertz CT molecular complexity index is 692. The average molecular weight is 336 g/mol. The number of hydrogen-bond acceptors (Lipinski definition) is 5. The Labute approximate surface area is 137 Å². The standard InChI is InChI=1S/C15H15ClFN5O/c16-10-7-12(17)14(19-8-10)22-5-2-11(3-6-22)21-15(23)13-1-4-18-9-20-13/h1,4,7-9,11H,2-3,5-6H2,(H,21,23). The van der Waals surface area contributed by atoms with Gasteiger partial charge in [0.2, 0.25) is 0 Å². The van der Waals surface area contributed by atoms with Gasteiger partial charge in [-0.2, -0.15) is 0 Å². The predicted molar refractivity (Wildman–Crippen MR) is 83.9 cm³/mol. The Hall–Kier alpha value is -2.28. The molecule has 1 aliphatic heterocycles. The summed E-state index contributed by atoms with van der Waals surface area (Å²) in [5, 5.41) is 3.22. The van der Waals surface area contributed by atoms with Crippen LogP contribution in [0.3, 0.4) is 0 Å². The van der Waals surface area contributed by atoms with E-state index in [1.165, 1.54) is 24.8 Å². The molecule has 1 fully saturated rings. The molecular weight excluding hydrogens is 321 g/mol. The first kappa shape index (κ1) is 15.6. The Morgan fingerprint density at radius 2 is 2.13 bits per heavy atom. The van der Waals surface area contributed by atoms with Crippen LogP contribution < -0.4 is 10.2 Å². The van der Waals surface area contributed by atoms with E-state index in [2.05, 4.69) is 20.3 Å². The topological polar surface area (TPSA) is 71.0 Å². The molecule has 0 aliphatic carbocycles. The maximum absolute atomic E-state index is 13.9. The molecule has 23 heavy (non-hydrogen) atoms. The van der Waals surface area contributed by atoms with Gasteiger partial charge in [-0.1, -0.05) is 11.6 Å². The van der Waals surface area contributed by atoms with Gasteiger partial charge in [0.25, 0.3) is 5.91 Å². The zero-order chi connectivity index (χ0) is 16.2. The number of amides is 1. The molecule has 0 spiro atoms. The van der Waals surface area contributed by atoms with Crippen molar-refractivity contribution in [2.75, 3.05) is 18.0 Å². The fourth-order valence-corrected chi connectivity index (χ4v) is 2.70. The zero-order valence-corrected chi connectivity index (χ0v) is 13.0. The van der Waals surface area contributed by atoms with Gasteiger partial charge in [0, 0.05) is 31.5 Å². The number of nitrogens with one attached hydrogen (secondary N) is 1. The number of carbonyl (C=O) groups is 1. The highest BCUT2D eigenvalue weighted by Gasteiger charge is 2.24. The third-order valence-electron chi connectivity index (χ3n) is 3.73. The second kappa shape index (κ2) is 6.87. The smallest absolute Gasteiger partial charge is 0.270 e. The van der Waals surface area contributed by atoms with Crippen LogP contribution >= 0.6 is 11.6 Å². The summed E-state index contributed by atoms with van der Waals surface area (Å²) in [5.74, 6) is -0.349. The van der Waals surface area contributed by atoms with E-state index in [0.29, 0.717) is 37.4 Å². The molecule has 1 N–H and O–H groups in total. The van der Waals surface area contributed by atoms with Crippen LogP contribution in [0.4, 0.5) is 10.2 Å². The lowest BCUT2D eigenvalue weighted by molar-refractivity contribution is 0.0925. The van der Waals surface area contributed by atoms with Crippen molar-refractivity contribution < 1.29 is 9.18 Å². The first-order chi connectivity index (χ1) is 11.1. The summed E-state index contributed by atoms with van der Waals surface area (Å²) in [6.07, 6.45) is 5.72. The van der Waals surface area contributed by atoms with Crippen molar-refractivity contribution in [1.82, 2.24) is 20.3 Å². The molecule has 2 aromatic heterocycles. The molecule has 3 rings (SSSR count). The van der Waals surface area contributed by atoms with Crippen LogP contribution in [0.15, 0.2) is 30.9 Å². The third-order valence-corrected chi connectivity index (χ3v) is 3.94. The number of carbonyl (C=O) groups excluding carboxylic acids is 1. The minimum atomic E-state index is -0.430. The molecule has 1 amide bonds. The van der Waals surface area contributed by atoms with E-state index in [0.717, 1.165) is 0 Å². The zero-order valence-electron chi connectivity index (χ0n) is 12.2. The highest BCUT2D eigenvalue weighted by molar-refractivity contribution is 6.30. The van der Waals surface area contributed by atoms with Crippen molar-refractivity contribution in [2.45, 2.75) is 18.9 Å². The van der Waals surface area contributed by atoms with Gasteiger partial charge in [0.05, 0.1) is 5.02 Å². The highest BCUT2D eigenvalue weighted by atomic mass is 35.5. The Morgan fingerprint density at radius 3 is 2.78 bits per heavy atom. The molecule has 0 aromatic carbocycles. The minimum Gasteiger partial charge on any atom is -0.354 e.